The van der Waals surface area contributed by atoms with E-state index in [4.69, 9.17) is 19.9 Å². The van der Waals surface area contributed by atoms with Gasteiger partial charge >= 0.3 is 5.97 Å². The van der Waals surface area contributed by atoms with Gasteiger partial charge in [-0.05, 0) is 31.4 Å². The second-order valence-electron chi connectivity index (χ2n) is 4.55. The summed E-state index contributed by atoms with van der Waals surface area (Å²) in [6.45, 7) is 1.20. The highest BCUT2D eigenvalue weighted by Gasteiger charge is 2.17. The lowest BCUT2D eigenvalue weighted by atomic mass is 10.1. The number of nitrogens with two attached hydrogens (primary N) is 1. The second-order valence-corrected chi connectivity index (χ2v) is 4.55. The van der Waals surface area contributed by atoms with Gasteiger partial charge in [0.1, 0.15) is 17.9 Å². The topological polar surface area (TPSA) is 70.8 Å². The molecule has 0 bridgehead atoms. The quantitative estimate of drug-likeness (QED) is 0.666. The van der Waals surface area contributed by atoms with E-state index >= 15 is 0 Å². The van der Waals surface area contributed by atoms with Crippen molar-refractivity contribution >= 4 is 11.7 Å². The Hall–Kier alpha value is -1.75. The SMILES string of the molecule is COC(=O)c1ccc(N)cc1OCC1CCCCO1. The zero-order valence-corrected chi connectivity index (χ0v) is 11.1. The van der Waals surface area contributed by atoms with Crippen molar-refractivity contribution in [3.63, 3.8) is 0 Å². The third-order valence-corrected chi connectivity index (χ3v) is 3.11. The second kappa shape index (κ2) is 6.43. The highest BCUT2D eigenvalue weighted by molar-refractivity contribution is 5.93. The molecule has 2 rings (SSSR count). The molecule has 5 nitrogen and oxygen atoms in total. The molecule has 1 aromatic carbocycles. The minimum absolute atomic E-state index is 0.0840. The fourth-order valence-electron chi connectivity index (χ4n) is 2.06. The molecule has 104 valence electrons. The van der Waals surface area contributed by atoms with Gasteiger partial charge in [0.2, 0.25) is 0 Å². The van der Waals surface area contributed by atoms with Crippen LogP contribution in [0.1, 0.15) is 29.6 Å². The van der Waals surface area contributed by atoms with Gasteiger partial charge < -0.3 is 19.9 Å². The van der Waals surface area contributed by atoms with Gasteiger partial charge in [-0.25, -0.2) is 4.79 Å². The number of benzene rings is 1. The van der Waals surface area contributed by atoms with E-state index in [1.807, 2.05) is 0 Å². The van der Waals surface area contributed by atoms with Gasteiger partial charge in [-0.15, -0.1) is 0 Å². The molecule has 19 heavy (non-hydrogen) atoms. The standard InChI is InChI=1S/C14H19NO4/c1-17-14(16)12-6-5-10(15)8-13(12)19-9-11-4-2-3-7-18-11/h5-6,8,11H,2-4,7,9,15H2,1H3. The van der Waals surface area contributed by atoms with Crippen molar-refractivity contribution < 1.29 is 19.0 Å². The fraction of sp³-hybridized carbons (Fsp3) is 0.500. The summed E-state index contributed by atoms with van der Waals surface area (Å²) in [5.74, 6) is 0.0144. The van der Waals surface area contributed by atoms with Crippen LogP contribution in [0.15, 0.2) is 18.2 Å². The van der Waals surface area contributed by atoms with Crippen LogP contribution >= 0.6 is 0 Å². The molecule has 0 amide bonds. The molecule has 1 aromatic rings. The van der Waals surface area contributed by atoms with Crippen molar-refractivity contribution in [2.75, 3.05) is 26.1 Å². The minimum Gasteiger partial charge on any atom is -0.490 e. The largest absolute Gasteiger partial charge is 0.490 e. The average molecular weight is 265 g/mol. The summed E-state index contributed by atoms with van der Waals surface area (Å²) in [5, 5.41) is 0. The van der Waals surface area contributed by atoms with E-state index in [0.29, 0.717) is 23.6 Å². The van der Waals surface area contributed by atoms with Crippen molar-refractivity contribution in [1.29, 1.82) is 0 Å². The predicted molar refractivity (Wildman–Crippen MR) is 71.3 cm³/mol. The van der Waals surface area contributed by atoms with E-state index in [2.05, 4.69) is 0 Å². The summed E-state index contributed by atoms with van der Waals surface area (Å²) in [6.07, 6.45) is 3.31. The molecule has 5 heteroatoms. The molecule has 2 N–H and O–H groups in total. The molecule has 1 fully saturated rings. The zero-order chi connectivity index (χ0) is 13.7. The Bertz CT molecular complexity index is 441. The van der Waals surface area contributed by atoms with Gasteiger partial charge in [0.25, 0.3) is 0 Å². The summed E-state index contributed by atoms with van der Waals surface area (Å²) in [5.41, 5.74) is 6.64. The van der Waals surface area contributed by atoms with Gasteiger partial charge in [-0.2, -0.15) is 0 Å². The van der Waals surface area contributed by atoms with E-state index < -0.39 is 5.97 Å². The van der Waals surface area contributed by atoms with E-state index in [0.717, 1.165) is 25.9 Å². The molecule has 1 atom stereocenters. The average Bonchev–Trinajstić information content (AvgIpc) is 2.45. The van der Waals surface area contributed by atoms with Crippen molar-refractivity contribution in [1.82, 2.24) is 0 Å². The monoisotopic (exact) mass is 265 g/mol. The number of esters is 1. The lowest BCUT2D eigenvalue weighted by Gasteiger charge is -2.23. The summed E-state index contributed by atoms with van der Waals surface area (Å²) >= 11 is 0. The van der Waals surface area contributed by atoms with Crippen LogP contribution in [0.4, 0.5) is 5.69 Å². The maximum Gasteiger partial charge on any atom is 0.341 e. The molecular formula is C14H19NO4. The number of anilines is 1. The van der Waals surface area contributed by atoms with Crippen LogP contribution in [-0.4, -0.2) is 32.4 Å². The van der Waals surface area contributed by atoms with E-state index in [-0.39, 0.29) is 6.10 Å². The molecule has 1 saturated heterocycles. The Labute approximate surface area is 112 Å². The molecule has 0 aromatic heterocycles. The summed E-state index contributed by atoms with van der Waals surface area (Å²) in [7, 11) is 1.34. The Kier molecular flexibility index (Phi) is 4.63. The molecule has 0 aliphatic carbocycles. The first kappa shape index (κ1) is 13.7. The first-order valence-electron chi connectivity index (χ1n) is 6.43. The van der Waals surface area contributed by atoms with Gasteiger partial charge in [0.15, 0.2) is 0 Å². The van der Waals surface area contributed by atoms with Gasteiger partial charge in [0, 0.05) is 18.4 Å². The molecular weight excluding hydrogens is 246 g/mol. The molecule has 1 aliphatic heterocycles. The van der Waals surface area contributed by atoms with Crippen molar-refractivity contribution in [2.45, 2.75) is 25.4 Å². The van der Waals surface area contributed by atoms with E-state index in [1.165, 1.54) is 7.11 Å². The molecule has 0 saturated carbocycles. The molecule has 0 radical (unpaired) electrons. The number of ether oxygens (including phenoxy) is 3. The number of carbonyl (C=O) groups excluding carboxylic acids is 1. The van der Waals surface area contributed by atoms with E-state index in [1.54, 1.807) is 18.2 Å². The normalized spacial score (nSPS) is 18.9. The van der Waals surface area contributed by atoms with E-state index in [9.17, 15) is 4.79 Å². The third kappa shape index (κ3) is 3.61. The van der Waals surface area contributed by atoms with Crippen LogP contribution in [-0.2, 0) is 9.47 Å². The van der Waals surface area contributed by atoms with Crippen molar-refractivity contribution in [3.05, 3.63) is 23.8 Å². The van der Waals surface area contributed by atoms with Gasteiger partial charge in [0.05, 0.1) is 13.2 Å². The third-order valence-electron chi connectivity index (χ3n) is 3.11. The maximum atomic E-state index is 11.6. The number of nitrogen functional groups attached to an aromatic ring is 1. The summed E-state index contributed by atoms with van der Waals surface area (Å²) < 4.78 is 16.0. The van der Waals surface area contributed by atoms with Crippen LogP contribution in [0, 0.1) is 0 Å². The molecule has 0 spiro atoms. The number of carbonyl (C=O) groups is 1. The maximum absolute atomic E-state index is 11.6. The number of hydrogen-bond acceptors (Lipinski definition) is 5. The van der Waals surface area contributed by atoms with Gasteiger partial charge in [-0.3, -0.25) is 0 Å². The lowest BCUT2D eigenvalue weighted by molar-refractivity contribution is -0.0113. The Morgan fingerprint density at radius 3 is 3.00 bits per heavy atom. The van der Waals surface area contributed by atoms with Crippen LogP contribution in [0.5, 0.6) is 5.75 Å². The zero-order valence-electron chi connectivity index (χ0n) is 11.1. The fourth-order valence-corrected chi connectivity index (χ4v) is 2.06. The minimum atomic E-state index is -0.431. The van der Waals surface area contributed by atoms with Crippen molar-refractivity contribution in [3.8, 4) is 5.75 Å². The van der Waals surface area contributed by atoms with Crippen LogP contribution < -0.4 is 10.5 Å². The highest BCUT2D eigenvalue weighted by Crippen LogP contribution is 2.24. The first-order chi connectivity index (χ1) is 9.20. The lowest BCUT2D eigenvalue weighted by Crippen LogP contribution is -2.26. The molecule has 1 aliphatic rings. The van der Waals surface area contributed by atoms with Crippen LogP contribution in [0.2, 0.25) is 0 Å². The molecule has 1 heterocycles. The predicted octanol–water partition coefficient (Wildman–Crippen LogP) is 2.00. The Morgan fingerprint density at radius 1 is 1.47 bits per heavy atom. The summed E-state index contributed by atoms with van der Waals surface area (Å²) in [4.78, 5) is 11.6. The number of rotatable bonds is 4. The first-order valence-corrected chi connectivity index (χ1v) is 6.43. The van der Waals surface area contributed by atoms with Gasteiger partial charge in [-0.1, -0.05) is 0 Å². The van der Waals surface area contributed by atoms with Crippen molar-refractivity contribution in [2.24, 2.45) is 0 Å². The van der Waals surface area contributed by atoms with Crippen LogP contribution in [0.3, 0.4) is 0 Å². The Morgan fingerprint density at radius 2 is 2.32 bits per heavy atom. The molecule has 1 unspecified atom stereocenters. The summed E-state index contributed by atoms with van der Waals surface area (Å²) in [6, 6.07) is 4.89. The highest BCUT2D eigenvalue weighted by atomic mass is 16.5. The van der Waals surface area contributed by atoms with Crippen LogP contribution in [0.25, 0.3) is 0 Å². The number of methoxy groups -OCH3 is 1. The smallest absolute Gasteiger partial charge is 0.341 e. The Balaban J connectivity index is 2.05. The number of hydrogen-bond donors (Lipinski definition) is 1.